The molecule has 1 N–H and O–H groups in total. The average molecular weight is 388 g/mol. The third kappa shape index (κ3) is 4.21. The van der Waals surface area contributed by atoms with Crippen LogP contribution in [0.2, 0.25) is 0 Å². The molecule has 1 atom stereocenters. The summed E-state index contributed by atoms with van der Waals surface area (Å²) in [5.41, 5.74) is 3.71. The van der Waals surface area contributed by atoms with E-state index in [2.05, 4.69) is 11.9 Å². The van der Waals surface area contributed by atoms with Crippen LogP contribution in [0.3, 0.4) is 0 Å². The lowest BCUT2D eigenvalue weighted by Crippen LogP contribution is -2.18. The molecule has 6 heteroatoms. The lowest BCUT2D eigenvalue weighted by Gasteiger charge is -2.22. The molecule has 0 saturated carbocycles. The maximum atomic E-state index is 12.7. The summed E-state index contributed by atoms with van der Waals surface area (Å²) in [4.78, 5) is 28.3. The van der Waals surface area contributed by atoms with Crippen molar-refractivity contribution in [1.82, 2.24) is 4.98 Å². The van der Waals surface area contributed by atoms with Gasteiger partial charge in [-0.15, -0.1) is 0 Å². The molecule has 0 radical (unpaired) electrons. The Morgan fingerprint density at radius 1 is 1.26 bits per heavy atom. The summed E-state index contributed by atoms with van der Waals surface area (Å²) in [6.07, 6.45) is 1.15. The fourth-order valence-electron chi connectivity index (χ4n) is 3.56. The minimum absolute atomic E-state index is 0.0754. The van der Waals surface area contributed by atoms with Crippen LogP contribution in [-0.4, -0.2) is 42.0 Å². The number of esters is 1. The quantitative estimate of drug-likeness (QED) is 0.571. The Bertz CT molecular complexity index is 825. The number of hydrogen-bond donors (Lipinski definition) is 1. The van der Waals surface area contributed by atoms with Gasteiger partial charge in [-0.3, -0.25) is 4.79 Å². The molecule has 1 aromatic heterocycles. The minimum atomic E-state index is -0.382. The lowest BCUT2D eigenvalue weighted by atomic mass is 9.81. The van der Waals surface area contributed by atoms with Gasteiger partial charge >= 0.3 is 5.97 Å². The van der Waals surface area contributed by atoms with Crippen molar-refractivity contribution in [1.29, 1.82) is 0 Å². The van der Waals surface area contributed by atoms with E-state index in [9.17, 15) is 9.59 Å². The average Bonchev–Trinajstić information content (AvgIpc) is 3.02. The van der Waals surface area contributed by atoms with E-state index in [0.717, 1.165) is 28.5 Å². The molecule has 144 valence electrons. The van der Waals surface area contributed by atoms with Gasteiger partial charge in [-0.2, -0.15) is 11.8 Å². The zero-order valence-corrected chi connectivity index (χ0v) is 16.8. The maximum Gasteiger partial charge on any atom is 0.355 e. The number of nitrogens with one attached hydrogen (secondary N) is 1. The number of aromatic nitrogens is 1. The number of carbonyl (C=O) groups is 2. The summed E-state index contributed by atoms with van der Waals surface area (Å²) < 4.78 is 10.5. The van der Waals surface area contributed by atoms with E-state index < -0.39 is 0 Å². The Balaban J connectivity index is 1.77. The second-order valence-corrected chi connectivity index (χ2v) is 8.01. The van der Waals surface area contributed by atoms with Crippen LogP contribution in [0.15, 0.2) is 24.3 Å². The minimum Gasteiger partial charge on any atom is -0.497 e. The molecule has 1 unspecified atom stereocenters. The van der Waals surface area contributed by atoms with Gasteiger partial charge in [0.25, 0.3) is 0 Å². The number of ketones is 1. The van der Waals surface area contributed by atoms with Gasteiger partial charge in [0.05, 0.1) is 7.11 Å². The largest absolute Gasteiger partial charge is 0.497 e. The Kier molecular flexibility index (Phi) is 6.26. The number of aromatic amines is 1. The Morgan fingerprint density at radius 3 is 2.67 bits per heavy atom. The molecule has 0 fully saturated rings. The third-order valence-electron chi connectivity index (χ3n) is 4.95. The highest BCUT2D eigenvalue weighted by Gasteiger charge is 2.32. The molecule has 1 aliphatic carbocycles. The SMILES string of the molecule is CCSCCOC(=O)c1[nH]c2c(c1C)C(=O)CC(c1ccc(OC)cc1)C2. The standard InChI is InChI=1S/C21H25NO4S/c1-4-27-10-9-26-21(24)20-13(2)19-17(22-20)11-15(12-18(19)23)14-5-7-16(25-3)8-6-14/h5-8,15,22H,4,9-12H2,1-3H3. The molecule has 0 aliphatic heterocycles. The highest BCUT2D eigenvalue weighted by molar-refractivity contribution is 7.99. The molecule has 5 nitrogen and oxygen atoms in total. The van der Waals surface area contributed by atoms with Gasteiger partial charge in [-0.1, -0.05) is 19.1 Å². The highest BCUT2D eigenvalue weighted by atomic mass is 32.2. The lowest BCUT2D eigenvalue weighted by molar-refractivity contribution is 0.0523. The first-order valence-corrected chi connectivity index (χ1v) is 10.3. The van der Waals surface area contributed by atoms with Crippen molar-refractivity contribution in [2.45, 2.75) is 32.6 Å². The molecule has 27 heavy (non-hydrogen) atoms. The van der Waals surface area contributed by atoms with Gasteiger partial charge in [0, 0.05) is 23.4 Å². The van der Waals surface area contributed by atoms with Gasteiger partial charge in [0.15, 0.2) is 5.78 Å². The molecule has 2 aromatic rings. The molecule has 0 bridgehead atoms. The molecule has 0 spiro atoms. The Morgan fingerprint density at radius 2 is 2.00 bits per heavy atom. The number of benzene rings is 1. The van der Waals surface area contributed by atoms with Crippen LogP contribution >= 0.6 is 11.8 Å². The van der Waals surface area contributed by atoms with Gasteiger partial charge in [-0.25, -0.2) is 4.79 Å². The number of Topliss-reactive ketones (excluding diaryl/α,β-unsaturated/α-hetero) is 1. The first-order chi connectivity index (χ1) is 13.0. The Hall–Kier alpha value is -2.21. The zero-order valence-electron chi connectivity index (χ0n) is 16.0. The number of rotatable bonds is 7. The molecule has 3 rings (SSSR count). The van der Waals surface area contributed by atoms with Crippen molar-refractivity contribution in [3.05, 3.63) is 52.3 Å². The van der Waals surface area contributed by atoms with Crippen LogP contribution in [0, 0.1) is 6.92 Å². The first kappa shape index (κ1) is 19.5. The number of thioether (sulfide) groups is 1. The van der Waals surface area contributed by atoms with Crippen molar-refractivity contribution in [2.75, 3.05) is 25.2 Å². The van der Waals surface area contributed by atoms with E-state index >= 15 is 0 Å². The predicted octanol–water partition coefficient (Wildman–Crippen LogP) is 4.15. The predicted molar refractivity (Wildman–Crippen MR) is 107 cm³/mol. The molecule has 1 heterocycles. The van der Waals surface area contributed by atoms with Gasteiger partial charge in [0.2, 0.25) is 0 Å². The van der Waals surface area contributed by atoms with E-state index in [1.165, 1.54) is 0 Å². The maximum absolute atomic E-state index is 12.7. The molecular weight excluding hydrogens is 362 g/mol. The molecule has 0 saturated heterocycles. The zero-order chi connectivity index (χ0) is 19.4. The van der Waals surface area contributed by atoms with Crippen molar-refractivity contribution < 1.29 is 19.1 Å². The van der Waals surface area contributed by atoms with E-state index in [1.54, 1.807) is 18.9 Å². The summed E-state index contributed by atoms with van der Waals surface area (Å²) in [6, 6.07) is 7.81. The smallest absolute Gasteiger partial charge is 0.355 e. The molecular formula is C21H25NO4S. The van der Waals surface area contributed by atoms with Crippen molar-refractivity contribution >= 4 is 23.5 Å². The number of methoxy groups -OCH3 is 1. The summed E-state index contributed by atoms with van der Waals surface area (Å²) in [5.74, 6) is 2.36. The summed E-state index contributed by atoms with van der Waals surface area (Å²) in [7, 11) is 1.63. The van der Waals surface area contributed by atoms with Crippen LogP contribution in [-0.2, 0) is 11.2 Å². The first-order valence-electron chi connectivity index (χ1n) is 9.18. The number of ether oxygens (including phenoxy) is 2. The summed E-state index contributed by atoms with van der Waals surface area (Å²) >= 11 is 1.73. The number of hydrogen-bond acceptors (Lipinski definition) is 5. The Labute approximate surface area is 163 Å². The second kappa shape index (κ2) is 8.65. The topological polar surface area (TPSA) is 68.4 Å². The fourth-order valence-corrected chi connectivity index (χ4v) is 4.05. The normalized spacial score (nSPS) is 16.1. The van der Waals surface area contributed by atoms with Crippen LogP contribution in [0.4, 0.5) is 0 Å². The van der Waals surface area contributed by atoms with Gasteiger partial charge in [-0.05, 0) is 48.3 Å². The fraction of sp³-hybridized carbons (Fsp3) is 0.429. The molecule has 1 aliphatic rings. The van der Waals surface area contributed by atoms with Crippen LogP contribution in [0.5, 0.6) is 5.75 Å². The number of carbonyl (C=O) groups excluding carboxylic acids is 2. The number of H-pyrrole nitrogens is 1. The van der Waals surface area contributed by atoms with E-state index in [-0.39, 0.29) is 17.7 Å². The van der Waals surface area contributed by atoms with E-state index in [1.807, 2.05) is 31.2 Å². The van der Waals surface area contributed by atoms with Crippen LogP contribution in [0.1, 0.15) is 56.9 Å². The third-order valence-corrected chi connectivity index (χ3v) is 5.81. The number of fused-ring (bicyclic) bond motifs is 1. The van der Waals surface area contributed by atoms with Crippen molar-refractivity contribution in [3.63, 3.8) is 0 Å². The van der Waals surface area contributed by atoms with Gasteiger partial charge < -0.3 is 14.5 Å². The van der Waals surface area contributed by atoms with Crippen molar-refractivity contribution in [2.24, 2.45) is 0 Å². The summed E-state index contributed by atoms with van der Waals surface area (Å²) in [6.45, 7) is 4.27. The van der Waals surface area contributed by atoms with Crippen molar-refractivity contribution in [3.8, 4) is 5.75 Å². The second-order valence-electron chi connectivity index (χ2n) is 6.61. The highest BCUT2D eigenvalue weighted by Crippen LogP contribution is 2.35. The van der Waals surface area contributed by atoms with Crippen LogP contribution < -0.4 is 4.74 Å². The van der Waals surface area contributed by atoms with Gasteiger partial charge in [0.1, 0.15) is 18.1 Å². The van der Waals surface area contributed by atoms with E-state index in [0.29, 0.717) is 36.3 Å². The summed E-state index contributed by atoms with van der Waals surface area (Å²) in [5, 5.41) is 0. The molecule has 0 amide bonds. The monoisotopic (exact) mass is 387 g/mol. The van der Waals surface area contributed by atoms with E-state index in [4.69, 9.17) is 9.47 Å². The molecule has 1 aromatic carbocycles. The van der Waals surface area contributed by atoms with Crippen LogP contribution in [0.25, 0.3) is 0 Å².